The molecule has 2 aromatic heterocycles. The Morgan fingerprint density at radius 2 is 1.92 bits per heavy atom. The van der Waals surface area contributed by atoms with E-state index in [1.165, 1.54) is 0 Å². The summed E-state index contributed by atoms with van der Waals surface area (Å²) in [6.07, 6.45) is 1.87. The van der Waals surface area contributed by atoms with Gasteiger partial charge in [-0.3, -0.25) is 4.90 Å². The number of piperazine rings is 1. The van der Waals surface area contributed by atoms with Crippen molar-refractivity contribution in [2.24, 2.45) is 0 Å². The molecule has 2 aromatic rings. The fourth-order valence-electron chi connectivity index (χ4n) is 3.13. The number of ether oxygens (including phenoxy) is 1. The second-order valence-electron chi connectivity index (χ2n) is 7.78. The number of anilines is 1. The molecule has 6 nitrogen and oxygen atoms in total. The van der Waals surface area contributed by atoms with Crippen LogP contribution in [0, 0.1) is 0 Å². The first-order valence-electron chi connectivity index (χ1n) is 9.43. The Balaban J connectivity index is 1.61. The molecular formula is C20H30N4O2. The first kappa shape index (κ1) is 18.7. The zero-order valence-corrected chi connectivity index (χ0v) is 16.5. The summed E-state index contributed by atoms with van der Waals surface area (Å²) in [5.41, 5.74) is -0.0130. The highest BCUT2D eigenvalue weighted by Crippen LogP contribution is 2.28. The molecule has 0 aliphatic carbocycles. The van der Waals surface area contributed by atoms with Crippen LogP contribution in [0.1, 0.15) is 52.3 Å². The van der Waals surface area contributed by atoms with E-state index in [2.05, 4.69) is 47.5 Å². The maximum absolute atomic E-state index is 6.02. The molecule has 0 N–H and O–H groups in total. The first-order valence-corrected chi connectivity index (χ1v) is 9.43. The second-order valence-corrected chi connectivity index (χ2v) is 7.78. The van der Waals surface area contributed by atoms with Crippen molar-refractivity contribution in [3.63, 3.8) is 0 Å². The molecule has 0 radical (unpaired) electrons. The smallest absolute Gasteiger partial charge is 0.215 e. The highest BCUT2D eigenvalue weighted by Gasteiger charge is 2.27. The van der Waals surface area contributed by atoms with Crippen molar-refractivity contribution in [2.75, 3.05) is 37.7 Å². The molecule has 0 aromatic carbocycles. The molecule has 1 saturated heterocycles. The van der Waals surface area contributed by atoms with Crippen molar-refractivity contribution in [2.45, 2.75) is 46.1 Å². The van der Waals surface area contributed by atoms with Crippen LogP contribution in [0.4, 0.5) is 5.82 Å². The average molecular weight is 358 g/mol. The minimum atomic E-state index is -0.0130. The lowest BCUT2D eigenvalue weighted by molar-refractivity contribution is 0.169. The molecule has 1 aliphatic rings. The number of rotatable bonds is 5. The third kappa shape index (κ3) is 4.18. The molecule has 1 aliphatic heterocycles. The van der Waals surface area contributed by atoms with E-state index >= 15 is 0 Å². The predicted molar refractivity (Wildman–Crippen MR) is 103 cm³/mol. The minimum Gasteiger partial charge on any atom is -0.478 e. The molecule has 1 atom stereocenters. The normalized spacial score (nSPS) is 17.3. The zero-order chi connectivity index (χ0) is 18.7. The summed E-state index contributed by atoms with van der Waals surface area (Å²) in [6, 6.07) is 6.13. The van der Waals surface area contributed by atoms with E-state index in [1.807, 2.05) is 31.3 Å². The van der Waals surface area contributed by atoms with Gasteiger partial charge in [0.1, 0.15) is 11.6 Å². The summed E-state index contributed by atoms with van der Waals surface area (Å²) in [7, 11) is 0. The maximum Gasteiger partial charge on any atom is 0.215 e. The molecule has 6 heteroatoms. The Kier molecular flexibility index (Phi) is 5.51. The van der Waals surface area contributed by atoms with Gasteiger partial charge < -0.3 is 14.1 Å². The summed E-state index contributed by atoms with van der Waals surface area (Å²) in [6.45, 7) is 15.0. The van der Waals surface area contributed by atoms with Crippen molar-refractivity contribution >= 4 is 5.82 Å². The number of hydrogen-bond donors (Lipinski definition) is 0. The van der Waals surface area contributed by atoms with Gasteiger partial charge in [-0.25, -0.2) is 4.98 Å². The third-order valence-corrected chi connectivity index (χ3v) is 4.81. The number of hydrogen-bond acceptors (Lipinski definition) is 6. The van der Waals surface area contributed by atoms with Gasteiger partial charge in [-0.05, 0) is 19.9 Å². The standard InChI is InChI=1S/C20H30N4O2/c1-6-25-18-9-7-8-17(22-18)24-12-10-23(11-13-24)15(2)19-21-14-16(26-19)20(3,4)5/h7-9,14-15H,6,10-13H2,1-5H3. The fraction of sp³-hybridized carbons (Fsp3) is 0.600. The van der Waals surface area contributed by atoms with E-state index in [0.29, 0.717) is 12.5 Å². The zero-order valence-electron chi connectivity index (χ0n) is 16.5. The first-order chi connectivity index (χ1) is 12.4. The van der Waals surface area contributed by atoms with Gasteiger partial charge in [-0.1, -0.05) is 26.8 Å². The monoisotopic (exact) mass is 358 g/mol. The lowest BCUT2D eigenvalue weighted by atomic mass is 9.94. The summed E-state index contributed by atoms with van der Waals surface area (Å²) >= 11 is 0. The van der Waals surface area contributed by atoms with Crippen molar-refractivity contribution < 1.29 is 9.15 Å². The van der Waals surface area contributed by atoms with E-state index < -0.39 is 0 Å². The van der Waals surface area contributed by atoms with Gasteiger partial charge in [-0.15, -0.1) is 0 Å². The van der Waals surface area contributed by atoms with Crippen molar-refractivity contribution in [1.82, 2.24) is 14.9 Å². The van der Waals surface area contributed by atoms with Crippen LogP contribution < -0.4 is 9.64 Å². The van der Waals surface area contributed by atoms with Crippen LogP contribution in [-0.2, 0) is 5.41 Å². The van der Waals surface area contributed by atoms with Gasteiger partial charge in [0, 0.05) is 37.7 Å². The van der Waals surface area contributed by atoms with Gasteiger partial charge in [0.2, 0.25) is 11.8 Å². The largest absolute Gasteiger partial charge is 0.478 e. The van der Waals surface area contributed by atoms with Gasteiger partial charge in [0.15, 0.2) is 0 Å². The molecule has 142 valence electrons. The van der Waals surface area contributed by atoms with Crippen molar-refractivity contribution in [3.05, 3.63) is 36.0 Å². The summed E-state index contributed by atoms with van der Waals surface area (Å²) < 4.78 is 11.5. The Labute approximate surface area is 156 Å². The molecular weight excluding hydrogens is 328 g/mol. The van der Waals surface area contributed by atoms with E-state index in [-0.39, 0.29) is 11.5 Å². The number of pyridine rings is 1. The highest BCUT2D eigenvalue weighted by atomic mass is 16.5. The van der Waals surface area contributed by atoms with E-state index in [0.717, 1.165) is 43.6 Å². The fourth-order valence-corrected chi connectivity index (χ4v) is 3.13. The third-order valence-electron chi connectivity index (χ3n) is 4.81. The molecule has 1 fully saturated rings. The van der Waals surface area contributed by atoms with E-state index in [9.17, 15) is 0 Å². The van der Waals surface area contributed by atoms with Gasteiger partial charge in [-0.2, -0.15) is 4.98 Å². The quantitative estimate of drug-likeness (QED) is 0.813. The Morgan fingerprint density at radius 1 is 1.19 bits per heavy atom. The van der Waals surface area contributed by atoms with Gasteiger partial charge >= 0.3 is 0 Å². The highest BCUT2D eigenvalue weighted by molar-refractivity contribution is 5.41. The molecule has 0 saturated carbocycles. The molecule has 0 bridgehead atoms. The second kappa shape index (κ2) is 7.66. The number of aromatic nitrogens is 2. The van der Waals surface area contributed by atoms with Gasteiger partial charge in [0.25, 0.3) is 0 Å². The van der Waals surface area contributed by atoms with Gasteiger partial charge in [0.05, 0.1) is 18.8 Å². The number of nitrogens with zero attached hydrogens (tertiary/aromatic N) is 4. The van der Waals surface area contributed by atoms with Crippen LogP contribution in [0.2, 0.25) is 0 Å². The lowest BCUT2D eigenvalue weighted by Gasteiger charge is -2.37. The van der Waals surface area contributed by atoms with Crippen LogP contribution in [0.25, 0.3) is 0 Å². The average Bonchev–Trinajstić information content (AvgIpc) is 3.12. The molecule has 1 unspecified atom stereocenters. The van der Waals surface area contributed by atoms with Crippen LogP contribution in [0.5, 0.6) is 5.88 Å². The van der Waals surface area contributed by atoms with E-state index in [4.69, 9.17) is 9.15 Å². The SMILES string of the molecule is CCOc1cccc(N2CCN(C(C)c3ncc(C(C)(C)C)o3)CC2)n1. The molecule has 3 rings (SSSR count). The number of oxazole rings is 1. The Morgan fingerprint density at radius 3 is 2.54 bits per heavy atom. The molecule has 0 spiro atoms. The summed E-state index contributed by atoms with van der Waals surface area (Å²) in [5.74, 6) is 3.42. The lowest BCUT2D eigenvalue weighted by Crippen LogP contribution is -2.47. The maximum atomic E-state index is 6.02. The predicted octanol–water partition coefficient (Wildman–Crippen LogP) is 3.65. The molecule has 3 heterocycles. The minimum absolute atomic E-state index is 0.0130. The Bertz CT molecular complexity index is 715. The van der Waals surface area contributed by atoms with Crippen molar-refractivity contribution in [3.8, 4) is 5.88 Å². The Hall–Kier alpha value is -2.08. The van der Waals surface area contributed by atoms with Crippen LogP contribution in [0.3, 0.4) is 0 Å². The van der Waals surface area contributed by atoms with Crippen LogP contribution in [0.15, 0.2) is 28.8 Å². The summed E-state index contributed by atoms with van der Waals surface area (Å²) in [4.78, 5) is 13.8. The van der Waals surface area contributed by atoms with Crippen molar-refractivity contribution in [1.29, 1.82) is 0 Å². The molecule has 26 heavy (non-hydrogen) atoms. The topological polar surface area (TPSA) is 54.6 Å². The van der Waals surface area contributed by atoms with E-state index in [1.54, 1.807) is 0 Å². The van der Waals surface area contributed by atoms with Crippen LogP contribution in [-0.4, -0.2) is 47.7 Å². The molecule has 0 amide bonds. The summed E-state index contributed by atoms with van der Waals surface area (Å²) in [5, 5.41) is 0. The van der Waals surface area contributed by atoms with Crippen LogP contribution >= 0.6 is 0 Å².